The van der Waals surface area contributed by atoms with Gasteiger partial charge in [-0.05, 0) is 25.0 Å². The Morgan fingerprint density at radius 1 is 1.35 bits per heavy atom. The molecule has 0 N–H and O–H groups in total. The second-order valence-corrected chi connectivity index (χ2v) is 6.23. The van der Waals surface area contributed by atoms with Crippen LogP contribution in [0.25, 0.3) is 11.0 Å². The van der Waals surface area contributed by atoms with Gasteiger partial charge in [-0.2, -0.15) is 0 Å². The van der Waals surface area contributed by atoms with Gasteiger partial charge in [0.2, 0.25) is 5.91 Å². The minimum absolute atomic E-state index is 0.0728. The number of hydrogen-bond acceptors (Lipinski definition) is 3. The lowest BCUT2D eigenvalue weighted by Crippen LogP contribution is -2.34. The fourth-order valence-electron chi connectivity index (χ4n) is 3.65. The number of hydrogen-bond donors (Lipinski definition) is 0. The van der Waals surface area contributed by atoms with Gasteiger partial charge in [-0.15, -0.1) is 0 Å². The first-order chi connectivity index (χ1) is 11.3. The minimum Gasteiger partial charge on any atom is -0.377 e. The van der Waals surface area contributed by atoms with E-state index in [0.717, 1.165) is 41.8 Å². The van der Waals surface area contributed by atoms with Crippen LogP contribution in [0.2, 0.25) is 0 Å². The molecular formula is C18H21N3O2. The van der Waals surface area contributed by atoms with Gasteiger partial charge < -0.3 is 14.2 Å². The highest BCUT2D eigenvalue weighted by Gasteiger charge is 2.34. The van der Waals surface area contributed by atoms with E-state index in [1.54, 1.807) is 0 Å². The van der Waals surface area contributed by atoms with Crippen molar-refractivity contribution in [1.82, 2.24) is 14.5 Å². The van der Waals surface area contributed by atoms with Crippen molar-refractivity contribution in [3.63, 3.8) is 0 Å². The number of rotatable bonds is 2. The van der Waals surface area contributed by atoms with Crippen molar-refractivity contribution in [2.45, 2.75) is 25.3 Å². The largest absolute Gasteiger partial charge is 0.377 e. The Labute approximate surface area is 135 Å². The molecule has 1 unspecified atom stereocenters. The van der Waals surface area contributed by atoms with Crippen LogP contribution < -0.4 is 0 Å². The predicted molar refractivity (Wildman–Crippen MR) is 87.9 cm³/mol. The first-order valence-corrected chi connectivity index (χ1v) is 8.25. The average molecular weight is 311 g/mol. The van der Waals surface area contributed by atoms with Crippen LogP contribution in [0.3, 0.4) is 0 Å². The number of aromatic nitrogens is 2. The smallest absolute Gasteiger partial charge is 0.250 e. The van der Waals surface area contributed by atoms with Crippen molar-refractivity contribution in [2.24, 2.45) is 7.05 Å². The third kappa shape index (κ3) is 2.45. The molecular weight excluding hydrogens is 290 g/mol. The quantitative estimate of drug-likeness (QED) is 0.856. The molecule has 3 heterocycles. The summed E-state index contributed by atoms with van der Waals surface area (Å²) < 4.78 is 7.45. The molecule has 120 valence electrons. The zero-order chi connectivity index (χ0) is 15.8. The van der Waals surface area contributed by atoms with Crippen LogP contribution in [0.15, 0.2) is 35.9 Å². The number of para-hydroxylation sites is 2. The van der Waals surface area contributed by atoms with Crippen molar-refractivity contribution in [2.75, 3.05) is 19.8 Å². The standard InChI is InChI=1S/C18H21N3O2/c1-20-15-6-3-2-5-14(15)19-17(20)16-7-4-10-21(16)18(22)13-8-11-23-12-9-13/h2-3,5-6,8,16H,4,7,9-12H2,1H3. The Balaban J connectivity index is 1.68. The fourth-order valence-corrected chi connectivity index (χ4v) is 3.65. The first kappa shape index (κ1) is 14.5. The third-order valence-electron chi connectivity index (χ3n) is 4.87. The summed E-state index contributed by atoms with van der Waals surface area (Å²) in [6.07, 6.45) is 4.65. The van der Waals surface area contributed by atoms with E-state index in [0.29, 0.717) is 19.6 Å². The molecule has 0 radical (unpaired) electrons. The molecule has 4 rings (SSSR count). The zero-order valence-corrected chi connectivity index (χ0v) is 13.4. The molecule has 2 aliphatic heterocycles. The van der Waals surface area contributed by atoms with E-state index in [2.05, 4.69) is 10.6 Å². The van der Waals surface area contributed by atoms with Gasteiger partial charge in [0, 0.05) is 25.6 Å². The van der Waals surface area contributed by atoms with Gasteiger partial charge in [0.25, 0.3) is 0 Å². The highest BCUT2D eigenvalue weighted by atomic mass is 16.5. The van der Waals surface area contributed by atoms with Crippen LogP contribution in [-0.4, -0.2) is 40.1 Å². The van der Waals surface area contributed by atoms with Crippen LogP contribution in [0, 0.1) is 0 Å². The van der Waals surface area contributed by atoms with Gasteiger partial charge in [0.1, 0.15) is 5.82 Å². The molecule has 5 heteroatoms. The van der Waals surface area contributed by atoms with E-state index in [9.17, 15) is 4.79 Å². The number of imidazole rings is 1. The summed E-state index contributed by atoms with van der Waals surface area (Å²) in [7, 11) is 2.04. The number of likely N-dealkylation sites (tertiary alicyclic amines) is 1. The summed E-state index contributed by atoms with van der Waals surface area (Å²) in [4.78, 5) is 19.7. The van der Waals surface area contributed by atoms with E-state index in [4.69, 9.17) is 9.72 Å². The number of nitrogens with zero attached hydrogens (tertiary/aromatic N) is 3. The number of fused-ring (bicyclic) bond motifs is 1. The SMILES string of the molecule is Cn1c(C2CCCN2C(=O)C2=CCOCC2)nc2ccccc21. The summed E-state index contributed by atoms with van der Waals surface area (Å²) in [5.74, 6) is 1.15. The summed E-state index contributed by atoms with van der Waals surface area (Å²) in [6, 6.07) is 8.21. The molecule has 0 saturated carbocycles. The van der Waals surface area contributed by atoms with Crippen LogP contribution in [0.5, 0.6) is 0 Å². The fraction of sp³-hybridized carbons (Fsp3) is 0.444. The molecule has 1 aromatic carbocycles. The molecule has 1 atom stereocenters. The monoisotopic (exact) mass is 311 g/mol. The van der Waals surface area contributed by atoms with E-state index >= 15 is 0 Å². The Bertz CT molecular complexity index is 778. The molecule has 23 heavy (non-hydrogen) atoms. The van der Waals surface area contributed by atoms with Gasteiger partial charge in [-0.1, -0.05) is 18.2 Å². The lowest BCUT2D eigenvalue weighted by Gasteiger charge is -2.26. The third-order valence-corrected chi connectivity index (χ3v) is 4.87. The summed E-state index contributed by atoms with van der Waals surface area (Å²) in [5.41, 5.74) is 3.00. The first-order valence-electron chi connectivity index (χ1n) is 8.25. The Kier molecular flexibility index (Phi) is 3.65. The van der Waals surface area contributed by atoms with Crippen molar-refractivity contribution in [3.8, 4) is 0 Å². The number of carbonyl (C=O) groups is 1. The van der Waals surface area contributed by atoms with Crippen LogP contribution in [0.1, 0.15) is 31.1 Å². The number of benzene rings is 1. The van der Waals surface area contributed by atoms with Crippen LogP contribution in [0.4, 0.5) is 0 Å². The molecule has 1 fully saturated rings. The lowest BCUT2D eigenvalue weighted by molar-refractivity contribution is -0.128. The molecule has 0 bridgehead atoms. The summed E-state index contributed by atoms with van der Waals surface area (Å²) in [6.45, 7) is 2.00. The van der Waals surface area contributed by atoms with Crippen molar-refractivity contribution in [1.29, 1.82) is 0 Å². The Hall–Kier alpha value is -2.14. The molecule has 1 aromatic heterocycles. The highest BCUT2D eigenvalue weighted by Crippen LogP contribution is 2.34. The topological polar surface area (TPSA) is 47.4 Å². The molecule has 0 aliphatic carbocycles. The number of ether oxygens (including phenoxy) is 1. The molecule has 0 spiro atoms. The normalized spacial score (nSPS) is 21.7. The van der Waals surface area contributed by atoms with Gasteiger partial charge >= 0.3 is 0 Å². The maximum Gasteiger partial charge on any atom is 0.250 e. The van der Waals surface area contributed by atoms with Crippen molar-refractivity contribution < 1.29 is 9.53 Å². The van der Waals surface area contributed by atoms with Gasteiger partial charge in [0.05, 0.1) is 30.3 Å². The highest BCUT2D eigenvalue weighted by molar-refractivity contribution is 5.94. The molecule has 5 nitrogen and oxygen atoms in total. The number of carbonyl (C=O) groups excluding carboxylic acids is 1. The van der Waals surface area contributed by atoms with Crippen molar-refractivity contribution >= 4 is 16.9 Å². The Morgan fingerprint density at radius 3 is 3.00 bits per heavy atom. The minimum atomic E-state index is 0.0728. The average Bonchev–Trinajstić information content (AvgIpc) is 3.20. The van der Waals surface area contributed by atoms with E-state index in [1.165, 1.54) is 0 Å². The lowest BCUT2D eigenvalue weighted by atomic mass is 10.1. The molecule has 2 aliphatic rings. The zero-order valence-electron chi connectivity index (χ0n) is 13.4. The summed E-state index contributed by atoms with van der Waals surface area (Å²) in [5, 5.41) is 0. The van der Waals surface area contributed by atoms with Gasteiger partial charge in [-0.3, -0.25) is 4.79 Å². The van der Waals surface area contributed by atoms with E-state index in [-0.39, 0.29) is 11.9 Å². The van der Waals surface area contributed by atoms with Crippen LogP contribution >= 0.6 is 0 Å². The second kappa shape index (κ2) is 5.81. The Morgan fingerprint density at radius 2 is 2.22 bits per heavy atom. The second-order valence-electron chi connectivity index (χ2n) is 6.23. The van der Waals surface area contributed by atoms with Gasteiger partial charge in [-0.25, -0.2) is 4.98 Å². The predicted octanol–water partition coefficient (Wildman–Crippen LogP) is 2.58. The molecule has 1 saturated heterocycles. The van der Waals surface area contributed by atoms with E-state index < -0.39 is 0 Å². The van der Waals surface area contributed by atoms with Crippen molar-refractivity contribution in [3.05, 3.63) is 41.7 Å². The summed E-state index contributed by atoms with van der Waals surface area (Å²) >= 11 is 0. The van der Waals surface area contributed by atoms with Gasteiger partial charge in [0.15, 0.2) is 0 Å². The number of amides is 1. The maximum atomic E-state index is 12.9. The number of aryl methyl sites for hydroxylation is 1. The molecule has 1 amide bonds. The maximum absolute atomic E-state index is 12.9. The van der Waals surface area contributed by atoms with E-state index in [1.807, 2.05) is 36.2 Å². The molecule has 2 aromatic rings. The van der Waals surface area contributed by atoms with Crippen LogP contribution in [-0.2, 0) is 16.6 Å².